The molecule has 0 bridgehead atoms. The maximum Gasteiger partial charge on any atom is 0.256 e. The summed E-state index contributed by atoms with van der Waals surface area (Å²) in [4.78, 5) is 25.4. The third-order valence-electron chi connectivity index (χ3n) is 6.90. The molecule has 36 heavy (non-hydrogen) atoms. The summed E-state index contributed by atoms with van der Waals surface area (Å²) in [5.74, 6) is -0.132. The van der Waals surface area contributed by atoms with Crippen LogP contribution in [0.1, 0.15) is 29.5 Å². The SMILES string of the molecule is COc1cc([C@@H]2[C@H](C)N[C@@]3(C(=O)Nc4ccccc43)[C@@H]2[N+](=O)[O-])cc(Br)c1OCc1ccc(Cl)cc1. The lowest BCUT2D eigenvalue weighted by Crippen LogP contribution is -2.54. The summed E-state index contributed by atoms with van der Waals surface area (Å²) in [6.45, 7) is 2.14. The van der Waals surface area contributed by atoms with Crippen LogP contribution in [-0.2, 0) is 16.9 Å². The molecule has 1 spiro atoms. The number of nitrogens with one attached hydrogen (secondary N) is 2. The number of carbonyl (C=O) groups excluding carboxylic acids is 1. The number of hydrogen-bond acceptors (Lipinski definition) is 6. The smallest absolute Gasteiger partial charge is 0.256 e. The van der Waals surface area contributed by atoms with Gasteiger partial charge in [0.2, 0.25) is 0 Å². The van der Waals surface area contributed by atoms with E-state index < -0.39 is 23.4 Å². The molecule has 1 amide bonds. The van der Waals surface area contributed by atoms with E-state index in [2.05, 4.69) is 26.6 Å². The van der Waals surface area contributed by atoms with Crippen LogP contribution in [-0.4, -0.2) is 30.0 Å². The first-order valence-corrected chi connectivity index (χ1v) is 12.5. The fourth-order valence-electron chi connectivity index (χ4n) is 5.36. The Balaban J connectivity index is 1.53. The van der Waals surface area contributed by atoms with Crippen LogP contribution in [0, 0.1) is 10.1 Å². The number of benzene rings is 3. The second kappa shape index (κ2) is 9.38. The van der Waals surface area contributed by atoms with Crippen LogP contribution >= 0.6 is 27.5 Å². The lowest BCUT2D eigenvalue weighted by molar-refractivity contribution is -0.532. The van der Waals surface area contributed by atoms with Gasteiger partial charge in [-0.2, -0.15) is 0 Å². The van der Waals surface area contributed by atoms with Gasteiger partial charge < -0.3 is 14.8 Å². The van der Waals surface area contributed by atoms with Gasteiger partial charge in [-0.05, 0) is 64.3 Å². The molecule has 3 aromatic rings. The average molecular weight is 573 g/mol. The Kier molecular flexibility index (Phi) is 6.40. The lowest BCUT2D eigenvalue weighted by atomic mass is 9.78. The lowest BCUT2D eigenvalue weighted by Gasteiger charge is -2.25. The van der Waals surface area contributed by atoms with E-state index in [1.165, 1.54) is 7.11 Å². The monoisotopic (exact) mass is 571 g/mol. The molecule has 10 heteroatoms. The molecule has 4 atom stereocenters. The summed E-state index contributed by atoms with van der Waals surface area (Å²) < 4.78 is 12.2. The number of nitro groups is 1. The molecule has 0 saturated carbocycles. The van der Waals surface area contributed by atoms with E-state index in [-0.39, 0.29) is 17.6 Å². The van der Waals surface area contributed by atoms with Crippen LogP contribution in [0.3, 0.4) is 0 Å². The van der Waals surface area contributed by atoms with Crippen molar-refractivity contribution in [3.05, 3.63) is 97.0 Å². The number of fused-ring (bicyclic) bond motifs is 2. The van der Waals surface area contributed by atoms with Gasteiger partial charge in [-0.25, -0.2) is 0 Å². The van der Waals surface area contributed by atoms with Crippen molar-refractivity contribution in [2.75, 3.05) is 12.4 Å². The number of amides is 1. The molecule has 0 radical (unpaired) electrons. The molecule has 0 unspecified atom stereocenters. The zero-order valence-electron chi connectivity index (χ0n) is 19.5. The van der Waals surface area contributed by atoms with Gasteiger partial charge in [0, 0.05) is 27.2 Å². The number of rotatable bonds is 6. The highest BCUT2D eigenvalue weighted by atomic mass is 79.9. The van der Waals surface area contributed by atoms with Crippen molar-refractivity contribution < 1.29 is 19.2 Å². The zero-order chi connectivity index (χ0) is 25.6. The molecule has 2 heterocycles. The Morgan fingerprint density at radius 3 is 2.58 bits per heavy atom. The second-order valence-corrected chi connectivity index (χ2v) is 10.2. The van der Waals surface area contributed by atoms with E-state index in [4.69, 9.17) is 21.1 Å². The minimum Gasteiger partial charge on any atom is -0.493 e. The van der Waals surface area contributed by atoms with Gasteiger partial charge in [0.15, 0.2) is 17.0 Å². The van der Waals surface area contributed by atoms with Crippen LogP contribution in [0.4, 0.5) is 5.69 Å². The molecule has 0 aliphatic carbocycles. The minimum absolute atomic E-state index is 0.282. The van der Waals surface area contributed by atoms with Crippen LogP contribution in [0.2, 0.25) is 5.02 Å². The Bertz CT molecular complexity index is 1350. The van der Waals surface area contributed by atoms with E-state index in [1.54, 1.807) is 48.5 Å². The largest absolute Gasteiger partial charge is 0.493 e. The van der Waals surface area contributed by atoms with Crippen LogP contribution in [0.15, 0.2) is 65.1 Å². The van der Waals surface area contributed by atoms with E-state index in [0.29, 0.717) is 37.8 Å². The summed E-state index contributed by atoms with van der Waals surface area (Å²) in [6, 6.07) is 16.3. The fraction of sp³-hybridized carbons (Fsp3) is 0.269. The fourth-order valence-corrected chi connectivity index (χ4v) is 6.06. The number of hydrogen-bond donors (Lipinski definition) is 2. The van der Waals surface area contributed by atoms with E-state index in [0.717, 1.165) is 5.56 Å². The Labute approximate surface area is 221 Å². The van der Waals surface area contributed by atoms with Gasteiger partial charge >= 0.3 is 0 Å². The number of anilines is 1. The quantitative estimate of drug-likeness (QED) is 0.309. The Morgan fingerprint density at radius 2 is 1.89 bits per heavy atom. The molecule has 2 N–H and O–H groups in total. The number of halogens is 2. The maximum atomic E-state index is 13.2. The van der Waals surface area contributed by atoms with Gasteiger partial charge in [0.05, 0.1) is 17.5 Å². The van der Waals surface area contributed by atoms with Crippen molar-refractivity contribution in [2.24, 2.45) is 0 Å². The van der Waals surface area contributed by atoms with E-state index >= 15 is 0 Å². The number of nitrogens with zero attached hydrogens (tertiary/aromatic N) is 1. The molecular weight excluding hydrogens is 550 g/mol. The molecule has 5 rings (SSSR count). The van der Waals surface area contributed by atoms with Crippen LogP contribution in [0.25, 0.3) is 0 Å². The Morgan fingerprint density at radius 1 is 1.17 bits per heavy atom. The number of carbonyl (C=O) groups is 1. The summed E-state index contributed by atoms with van der Waals surface area (Å²) in [5, 5.41) is 19.3. The highest BCUT2D eigenvalue weighted by Crippen LogP contribution is 2.51. The maximum absolute atomic E-state index is 13.2. The first-order valence-electron chi connectivity index (χ1n) is 11.3. The van der Waals surface area contributed by atoms with Crippen molar-refractivity contribution in [1.29, 1.82) is 0 Å². The predicted octanol–water partition coefficient (Wildman–Crippen LogP) is 5.26. The minimum atomic E-state index is -1.48. The van der Waals surface area contributed by atoms with Crippen molar-refractivity contribution in [3.8, 4) is 11.5 Å². The molecule has 186 valence electrons. The van der Waals surface area contributed by atoms with E-state index in [1.807, 2.05) is 19.1 Å². The first-order chi connectivity index (χ1) is 17.3. The Hall–Kier alpha value is -3.14. The summed E-state index contributed by atoms with van der Waals surface area (Å²) in [5.41, 5.74) is 1.27. The normalized spacial score (nSPS) is 24.4. The summed E-state index contributed by atoms with van der Waals surface area (Å²) in [7, 11) is 1.52. The van der Waals surface area contributed by atoms with E-state index in [9.17, 15) is 14.9 Å². The van der Waals surface area contributed by atoms with Gasteiger partial charge in [0.1, 0.15) is 6.61 Å². The standard InChI is InChI=1S/C26H23BrClN3O5/c1-14-22(24(31(33)34)26(30-14)18-5-3-4-6-20(18)29-25(26)32)16-11-19(27)23(21(12-16)35-2)36-13-15-7-9-17(28)10-8-15/h3-12,14,22,24,30H,13H2,1-2H3,(H,29,32)/t14-,22-,24+,26+/m0/s1. The van der Waals surface area contributed by atoms with Crippen LogP contribution < -0.4 is 20.1 Å². The van der Waals surface area contributed by atoms with Crippen molar-refractivity contribution in [2.45, 2.75) is 37.1 Å². The molecule has 0 aromatic heterocycles. The zero-order valence-corrected chi connectivity index (χ0v) is 21.8. The average Bonchev–Trinajstić information content (AvgIpc) is 3.32. The van der Waals surface area contributed by atoms with Gasteiger partial charge in [-0.1, -0.05) is 41.9 Å². The second-order valence-electron chi connectivity index (χ2n) is 8.95. The van der Waals surface area contributed by atoms with Crippen molar-refractivity contribution in [3.63, 3.8) is 0 Å². The molecule has 2 aliphatic heterocycles. The third kappa shape index (κ3) is 3.91. The van der Waals surface area contributed by atoms with Gasteiger partial charge in [-0.15, -0.1) is 0 Å². The van der Waals surface area contributed by atoms with Crippen LogP contribution in [0.5, 0.6) is 11.5 Å². The molecule has 8 nitrogen and oxygen atoms in total. The topological polar surface area (TPSA) is 103 Å². The summed E-state index contributed by atoms with van der Waals surface area (Å²) in [6.07, 6.45) is 0. The molecule has 2 aliphatic rings. The van der Waals surface area contributed by atoms with Crippen molar-refractivity contribution in [1.82, 2.24) is 5.32 Å². The third-order valence-corrected chi connectivity index (χ3v) is 7.74. The highest BCUT2D eigenvalue weighted by molar-refractivity contribution is 9.10. The first kappa shape index (κ1) is 24.5. The van der Waals surface area contributed by atoms with Gasteiger partial charge in [0.25, 0.3) is 11.9 Å². The number of methoxy groups -OCH3 is 1. The molecule has 3 aromatic carbocycles. The predicted molar refractivity (Wildman–Crippen MR) is 139 cm³/mol. The highest BCUT2D eigenvalue weighted by Gasteiger charge is 2.67. The molecular formula is C26H23BrClN3O5. The number of para-hydroxylation sites is 1. The van der Waals surface area contributed by atoms with Crippen molar-refractivity contribution >= 4 is 39.1 Å². The summed E-state index contributed by atoms with van der Waals surface area (Å²) >= 11 is 9.53. The van der Waals surface area contributed by atoms with Gasteiger partial charge in [-0.3, -0.25) is 20.2 Å². The molecule has 1 saturated heterocycles. The number of ether oxygens (including phenoxy) is 2. The molecule has 1 fully saturated rings.